The summed E-state index contributed by atoms with van der Waals surface area (Å²) in [5.41, 5.74) is 7.83. The first-order chi connectivity index (χ1) is 8.02. The molecule has 92 valence electrons. The van der Waals surface area contributed by atoms with Gasteiger partial charge >= 0.3 is 8.80 Å². The van der Waals surface area contributed by atoms with Crippen molar-refractivity contribution in [3.05, 3.63) is 36.4 Å². The van der Waals surface area contributed by atoms with Crippen LogP contribution in [0.2, 0.25) is 0 Å². The van der Waals surface area contributed by atoms with Gasteiger partial charge in [0.05, 0.1) is 0 Å². The molecule has 0 bridgehead atoms. The summed E-state index contributed by atoms with van der Waals surface area (Å²) in [5.74, 6) is 0. The van der Waals surface area contributed by atoms with E-state index in [1.54, 1.807) is 24.3 Å². The third-order valence-electron chi connectivity index (χ3n) is 2.59. The van der Waals surface area contributed by atoms with Crippen LogP contribution in [0.15, 0.2) is 25.3 Å². The highest BCUT2D eigenvalue weighted by Crippen LogP contribution is 2.18. The molecular weight excluding hydrogens is 234 g/mol. The van der Waals surface area contributed by atoms with Gasteiger partial charge in [0.15, 0.2) is 0 Å². The summed E-state index contributed by atoms with van der Waals surface area (Å²) in [4.78, 5) is 10.3. The minimum atomic E-state index is -3.38. The Kier molecular flexibility index (Phi) is 4.25. The summed E-state index contributed by atoms with van der Waals surface area (Å²) >= 11 is 0. The first-order valence-electron chi connectivity index (χ1n) is 5.04. The lowest BCUT2D eigenvalue weighted by atomic mass is 10.1. The first-order valence-corrected chi connectivity index (χ1v) is 6.80. The number of nitrogens with two attached hydrogens (primary N) is 1. The van der Waals surface area contributed by atoms with E-state index in [9.17, 15) is 4.80 Å². The zero-order valence-electron chi connectivity index (χ0n) is 10.1. The van der Waals surface area contributed by atoms with Crippen LogP contribution in [-0.4, -0.2) is 27.8 Å². The Balaban J connectivity index is 3.49. The highest BCUT2D eigenvalue weighted by Gasteiger charge is 2.39. The maximum absolute atomic E-state index is 10.3. The third-order valence-corrected chi connectivity index (χ3v) is 4.81. The molecule has 0 spiro atoms. The van der Waals surface area contributed by atoms with Crippen LogP contribution >= 0.6 is 0 Å². The molecule has 5 heteroatoms. The molecule has 1 rings (SSSR count). The number of nitrogen functional groups attached to an aromatic ring is 1. The second kappa shape index (κ2) is 5.28. The fourth-order valence-corrected chi connectivity index (χ4v) is 3.06. The van der Waals surface area contributed by atoms with Gasteiger partial charge in [-0.1, -0.05) is 25.3 Å². The molecular formula is C12H17NO3Si. The molecule has 0 unspecified atom stereocenters. The Morgan fingerprint density at radius 3 is 2.12 bits per heavy atom. The van der Waals surface area contributed by atoms with Crippen LogP contribution in [0.1, 0.15) is 11.1 Å². The van der Waals surface area contributed by atoms with Crippen molar-refractivity contribution in [1.82, 2.24) is 0 Å². The van der Waals surface area contributed by atoms with Crippen LogP contribution < -0.4 is 10.9 Å². The Labute approximate surface area is 102 Å². The molecule has 0 radical (unpaired) electrons. The largest absolute Gasteiger partial charge is 0.534 e. The van der Waals surface area contributed by atoms with Crippen LogP contribution in [0.3, 0.4) is 0 Å². The highest BCUT2D eigenvalue weighted by atomic mass is 28.4. The van der Waals surface area contributed by atoms with Gasteiger partial charge in [0.25, 0.3) is 0 Å². The molecule has 17 heavy (non-hydrogen) atoms. The van der Waals surface area contributed by atoms with E-state index in [0.717, 1.165) is 5.56 Å². The Hall–Kier alpha value is -1.40. The summed E-state index contributed by atoms with van der Waals surface area (Å²) < 4.78 is 10.2. The van der Waals surface area contributed by atoms with Crippen LogP contribution in [0, 0.1) is 0 Å². The maximum atomic E-state index is 10.3. The van der Waals surface area contributed by atoms with Crippen molar-refractivity contribution in [2.24, 2.45) is 0 Å². The van der Waals surface area contributed by atoms with E-state index in [-0.39, 0.29) is 0 Å². The lowest BCUT2D eigenvalue weighted by Crippen LogP contribution is -2.54. The molecule has 0 aliphatic carbocycles. The molecule has 0 saturated heterocycles. The number of benzene rings is 1. The van der Waals surface area contributed by atoms with Gasteiger partial charge in [-0.25, -0.2) is 0 Å². The average molecular weight is 251 g/mol. The second-order valence-electron chi connectivity index (χ2n) is 3.47. The molecule has 0 amide bonds. The predicted molar refractivity (Wildman–Crippen MR) is 72.7 cm³/mol. The van der Waals surface area contributed by atoms with Gasteiger partial charge in [-0.05, 0) is 23.3 Å². The molecule has 0 atom stereocenters. The van der Waals surface area contributed by atoms with E-state index in [4.69, 9.17) is 14.6 Å². The van der Waals surface area contributed by atoms with Gasteiger partial charge < -0.3 is 19.4 Å². The molecule has 0 aliphatic heterocycles. The fraction of sp³-hybridized carbons (Fsp3) is 0.167. The molecule has 3 N–H and O–H groups in total. The average Bonchev–Trinajstić information content (AvgIpc) is 2.37. The number of hydrogen-bond acceptors (Lipinski definition) is 4. The van der Waals surface area contributed by atoms with Crippen molar-refractivity contribution in [2.75, 3.05) is 20.0 Å². The van der Waals surface area contributed by atoms with Crippen molar-refractivity contribution in [3.63, 3.8) is 0 Å². The van der Waals surface area contributed by atoms with E-state index >= 15 is 0 Å². The van der Waals surface area contributed by atoms with Gasteiger partial charge in [0.1, 0.15) is 0 Å². The van der Waals surface area contributed by atoms with Gasteiger partial charge in [-0.2, -0.15) is 0 Å². The topological polar surface area (TPSA) is 64.7 Å². The molecule has 4 nitrogen and oxygen atoms in total. The molecule has 0 aliphatic rings. The third kappa shape index (κ3) is 2.47. The van der Waals surface area contributed by atoms with Crippen LogP contribution in [0.4, 0.5) is 5.69 Å². The van der Waals surface area contributed by atoms with Gasteiger partial charge in [0, 0.05) is 25.1 Å². The van der Waals surface area contributed by atoms with E-state index < -0.39 is 8.80 Å². The fourth-order valence-electron chi connectivity index (χ4n) is 1.57. The smallest absolute Gasteiger partial charge is 0.398 e. The van der Waals surface area contributed by atoms with Crippen LogP contribution in [-0.2, 0) is 8.85 Å². The standard InChI is InChI=1S/C12H17NO3Si/c1-5-9-8-12(17(14,15-3)16-4)10(6-2)7-11(9)13/h5-8,14H,1-2,13H2,3-4H3. The van der Waals surface area contributed by atoms with Crippen molar-refractivity contribution < 1.29 is 13.6 Å². The normalized spacial score (nSPS) is 11.2. The Bertz CT molecular complexity index is 442. The van der Waals surface area contributed by atoms with Crippen molar-refractivity contribution in [1.29, 1.82) is 0 Å². The van der Waals surface area contributed by atoms with E-state index in [1.807, 2.05) is 0 Å². The van der Waals surface area contributed by atoms with Gasteiger partial charge in [0.2, 0.25) is 0 Å². The molecule has 0 saturated carbocycles. The summed E-state index contributed by atoms with van der Waals surface area (Å²) in [5, 5.41) is 0.571. The van der Waals surface area contributed by atoms with Gasteiger partial charge in [-0.15, -0.1) is 0 Å². The Morgan fingerprint density at radius 2 is 1.71 bits per heavy atom. The zero-order valence-corrected chi connectivity index (χ0v) is 11.1. The summed E-state index contributed by atoms with van der Waals surface area (Å²) in [6, 6.07) is 3.44. The summed E-state index contributed by atoms with van der Waals surface area (Å²) in [6.07, 6.45) is 3.22. The zero-order chi connectivity index (χ0) is 13.1. The number of hydrogen-bond donors (Lipinski definition) is 2. The van der Waals surface area contributed by atoms with Crippen molar-refractivity contribution >= 4 is 31.8 Å². The molecule has 1 aromatic carbocycles. The highest BCUT2D eigenvalue weighted by molar-refractivity contribution is 6.74. The van der Waals surface area contributed by atoms with E-state index in [2.05, 4.69) is 13.2 Å². The molecule has 0 fully saturated rings. The lowest BCUT2D eigenvalue weighted by Gasteiger charge is -2.22. The minimum absolute atomic E-state index is 0.571. The molecule has 0 heterocycles. The maximum Gasteiger partial charge on any atom is 0.534 e. The van der Waals surface area contributed by atoms with E-state index in [1.165, 1.54) is 14.2 Å². The summed E-state index contributed by atoms with van der Waals surface area (Å²) in [6.45, 7) is 7.36. The first kappa shape index (κ1) is 13.7. The number of anilines is 1. The van der Waals surface area contributed by atoms with Crippen molar-refractivity contribution in [3.8, 4) is 0 Å². The van der Waals surface area contributed by atoms with E-state index in [0.29, 0.717) is 16.4 Å². The van der Waals surface area contributed by atoms with Gasteiger partial charge in [-0.3, -0.25) is 0 Å². The quantitative estimate of drug-likeness (QED) is 0.605. The van der Waals surface area contributed by atoms with Crippen LogP contribution in [0.5, 0.6) is 0 Å². The van der Waals surface area contributed by atoms with Crippen molar-refractivity contribution in [2.45, 2.75) is 0 Å². The number of rotatable bonds is 5. The minimum Gasteiger partial charge on any atom is -0.398 e. The monoisotopic (exact) mass is 251 g/mol. The summed E-state index contributed by atoms with van der Waals surface area (Å²) in [7, 11) is -0.566. The van der Waals surface area contributed by atoms with Crippen LogP contribution in [0.25, 0.3) is 12.2 Å². The lowest BCUT2D eigenvalue weighted by molar-refractivity contribution is 0.169. The molecule has 1 aromatic rings. The second-order valence-corrected chi connectivity index (χ2v) is 5.99. The Morgan fingerprint density at radius 1 is 1.18 bits per heavy atom. The SMILES string of the molecule is C=Cc1cc([Si](O)(OC)OC)c(C=C)cc1N. The predicted octanol–water partition coefficient (Wildman–Crippen LogP) is 0.986. The molecule has 0 aromatic heterocycles.